The number of thiazole rings is 1. The Morgan fingerprint density at radius 2 is 2.25 bits per heavy atom. The van der Waals surface area contributed by atoms with E-state index in [1.807, 2.05) is 25.5 Å². The first-order valence-electron chi connectivity index (χ1n) is 6.16. The van der Waals surface area contributed by atoms with Gasteiger partial charge >= 0.3 is 0 Å². The lowest BCUT2D eigenvalue weighted by molar-refractivity contribution is -0.115. The normalized spacial score (nSPS) is 10.8. The fourth-order valence-electron chi connectivity index (χ4n) is 1.71. The van der Waals surface area contributed by atoms with Crippen molar-refractivity contribution in [3.8, 4) is 0 Å². The highest BCUT2D eigenvalue weighted by Crippen LogP contribution is 2.16. The van der Waals surface area contributed by atoms with Crippen molar-refractivity contribution in [1.82, 2.24) is 9.88 Å². The summed E-state index contributed by atoms with van der Waals surface area (Å²) in [5, 5.41) is 6.36. The molecule has 0 atom stereocenters. The van der Waals surface area contributed by atoms with E-state index in [4.69, 9.17) is 11.6 Å². The topological polar surface area (TPSA) is 45.2 Å². The van der Waals surface area contributed by atoms with Crippen LogP contribution in [0.15, 0.2) is 29.6 Å². The van der Waals surface area contributed by atoms with Crippen molar-refractivity contribution in [1.29, 1.82) is 0 Å². The predicted molar refractivity (Wildman–Crippen MR) is 83.3 cm³/mol. The molecule has 20 heavy (non-hydrogen) atoms. The van der Waals surface area contributed by atoms with Gasteiger partial charge in [-0.2, -0.15) is 0 Å². The van der Waals surface area contributed by atoms with Gasteiger partial charge in [0.2, 0.25) is 5.91 Å². The van der Waals surface area contributed by atoms with E-state index in [-0.39, 0.29) is 12.3 Å². The molecule has 1 aromatic carbocycles. The van der Waals surface area contributed by atoms with Gasteiger partial charge in [-0.05, 0) is 32.3 Å². The number of carbonyl (C=O) groups is 1. The van der Waals surface area contributed by atoms with Crippen LogP contribution < -0.4 is 5.32 Å². The van der Waals surface area contributed by atoms with E-state index in [1.54, 1.807) is 29.5 Å². The van der Waals surface area contributed by atoms with Gasteiger partial charge in [-0.15, -0.1) is 11.3 Å². The number of aromatic nitrogens is 1. The standard InChI is InChI=1S/C14H16ClN3OS/c1-18(2)8-14-17-12(9-20-14)7-13(19)16-11-5-3-4-10(15)6-11/h3-6,9H,7-8H2,1-2H3,(H,16,19). The number of hydrogen-bond acceptors (Lipinski definition) is 4. The Bertz CT molecular complexity index is 598. The SMILES string of the molecule is CN(C)Cc1nc(CC(=O)Nc2cccc(Cl)c2)cs1. The molecule has 2 rings (SSSR count). The summed E-state index contributed by atoms with van der Waals surface area (Å²) >= 11 is 7.45. The number of halogens is 1. The molecule has 0 spiro atoms. The zero-order valence-corrected chi connectivity index (χ0v) is 13.0. The van der Waals surface area contributed by atoms with Crippen LogP contribution in [0.5, 0.6) is 0 Å². The summed E-state index contributed by atoms with van der Waals surface area (Å²) in [6.07, 6.45) is 0.274. The first-order chi connectivity index (χ1) is 9.52. The summed E-state index contributed by atoms with van der Waals surface area (Å²) < 4.78 is 0. The maximum Gasteiger partial charge on any atom is 0.230 e. The molecule has 0 saturated carbocycles. The molecule has 0 fully saturated rings. The maximum atomic E-state index is 11.9. The zero-order chi connectivity index (χ0) is 14.5. The van der Waals surface area contributed by atoms with Gasteiger partial charge in [-0.25, -0.2) is 4.98 Å². The van der Waals surface area contributed by atoms with Crippen LogP contribution in [0.2, 0.25) is 5.02 Å². The molecule has 1 heterocycles. The third-order valence-corrected chi connectivity index (χ3v) is 3.62. The lowest BCUT2D eigenvalue weighted by Gasteiger charge is -2.05. The third-order valence-electron chi connectivity index (χ3n) is 2.50. The molecule has 6 heteroatoms. The number of anilines is 1. The highest BCUT2D eigenvalue weighted by Gasteiger charge is 2.08. The van der Waals surface area contributed by atoms with E-state index in [1.165, 1.54) is 0 Å². The summed E-state index contributed by atoms with van der Waals surface area (Å²) in [4.78, 5) is 18.4. The van der Waals surface area contributed by atoms with Crippen molar-refractivity contribution < 1.29 is 4.79 Å². The lowest BCUT2D eigenvalue weighted by atomic mass is 10.3. The molecular formula is C14H16ClN3OS. The Balaban J connectivity index is 1.93. The van der Waals surface area contributed by atoms with E-state index in [9.17, 15) is 4.79 Å². The van der Waals surface area contributed by atoms with Gasteiger partial charge in [0.05, 0.1) is 12.1 Å². The minimum absolute atomic E-state index is 0.0889. The smallest absolute Gasteiger partial charge is 0.230 e. The molecule has 1 amide bonds. The molecule has 4 nitrogen and oxygen atoms in total. The number of nitrogens with zero attached hydrogens (tertiary/aromatic N) is 2. The van der Waals surface area contributed by atoms with Crippen LogP contribution in [-0.4, -0.2) is 29.9 Å². The Morgan fingerprint density at radius 1 is 1.45 bits per heavy atom. The number of carbonyl (C=O) groups excluding carboxylic acids is 1. The third kappa shape index (κ3) is 4.59. The summed E-state index contributed by atoms with van der Waals surface area (Å²) in [7, 11) is 3.99. The van der Waals surface area contributed by atoms with Gasteiger partial charge in [0.15, 0.2) is 0 Å². The number of benzene rings is 1. The number of hydrogen-bond donors (Lipinski definition) is 1. The molecule has 0 saturated heterocycles. The van der Waals surface area contributed by atoms with Crippen molar-refractivity contribution in [2.45, 2.75) is 13.0 Å². The van der Waals surface area contributed by atoms with Gasteiger partial charge < -0.3 is 10.2 Å². The van der Waals surface area contributed by atoms with E-state index in [2.05, 4.69) is 15.2 Å². The van der Waals surface area contributed by atoms with Crippen LogP contribution in [0.1, 0.15) is 10.7 Å². The number of amides is 1. The van der Waals surface area contributed by atoms with Gasteiger partial charge in [-0.1, -0.05) is 17.7 Å². The first kappa shape index (κ1) is 15.0. The lowest BCUT2D eigenvalue weighted by Crippen LogP contribution is -2.15. The fourth-order valence-corrected chi connectivity index (χ4v) is 2.81. The van der Waals surface area contributed by atoms with Crippen molar-refractivity contribution >= 4 is 34.5 Å². The molecule has 1 N–H and O–H groups in total. The molecule has 0 aliphatic carbocycles. The Labute approximate surface area is 127 Å². The van der Waals surface area contributed by atoms with Gasteiger partial charge in [-0.3, -0.25) is 4.79 Å². The second-order valence-electron chi connectivity index (χ2n) is 4.71. The molecule has 0 aliphatic rings. The minimum Gasteiger partial charge on any atom is -0.326 e. The summed E-state index contributed by atoms with van der Waals surface area (Å²) in [5.41, 5.74) is 1.50. The Hall–Kier alpha value is -1.43. The van der Waals surface area contributed by atoms with E-state index < -0.39 is 0 Å². The van der Waals surface area contributed by atoms with Gasteiger partial charge in [0.1, 0.15) is 5.01 Å². The molecule has 106 valence electrons. The van der Waals surface area contributed by atoms with Gasteiger partial charge in [0, 0.05) is 22.6 Å². The van der Waals surface area contributed by atoms with Crippen LogP contribution in [0, 0.1) is 0 Å². The van der Waals surface area contributed by atoms with Crippen LogP contribution in [0.25, 0.3) is 0 Å². The van der Waals surface area contributed by atoms with Crippen LogP contribution in [0.4, 0.5) is 5.69 Å². The van der Waals surface area contributed by atoms with Crippen molar-refractivity contribution in [2.24, 2.45) is 0 Å². The Morgan fingerprint density at radius 3 is 2.95 bits per heavy atom. The highest BCUT2D eigenvalue weighted by atomic mass is 35.5. The molecule has 0 aliphatic heterocycles. The van der Waals surface area contributed by atoms with Crippen molar-refractivity contribution in [3.05, 3.63) is 45.4 Å². The fraction of sp³-hybridized carbons (Fsp3) is 0.286. The van der Waals surface area contributed by atoms with Crippen molar-refractivity contribution in [2.75, 3.05) is 19.4 Å². The van der Waals surface area contributed by atoms with Crippen LogP contribution in [-0.2, 0) is 17.8 Å². The van der Waals surface area contributed by atoms with Crippen LogP contribution >= 0.6 is 22.9 Å². The summed E-state index contributed by atoms with van der Waals surface area (Å²) in [5.74, 6) is -0.0889. The van der Waals surface area contributed by atoms with E-state index in [0.717, 1.165) is 17.2 Å². The molecular weight excluding hydrogens is 294 g/mol. The second-order valence-corrected chi connectivity index (χ2v) is 6.08. The number of nitrogens with one attached hydrogen (secondary N) is 1. The molecule has 0 bridgehead atoms. The predicted octanol–water partition coefficient (Wildman–Crippen LogP) is 3.04. The summed E-state index contributed by atoms with van der Waals surface area (Å²) in [6, 6.07) is 7.10. The average molecular weight is 310 g/mol. The van der Waals surface area contributed by atoms with Crippen molar-refractivity contribution in [3.63, 3.8) is 0 Å². The number of rotatable bonds is 5. The largest absolute Gasteiger partial charge is 0.326 e. The second kappa shape index (κ2) is 6.83. The highest BCUT2D eigenvalue weighted by molar-refractivity contribution is 7.09. The van der Waals surface area contributed by atoms with E-state index in [0.29, 0.717) is 10.7 Å². The molecule has 0 unspecified atom stereocenters. The quantitative estimate of drug-likeness (QED) is 0.923. The monoisotopic (exact) mass is 309 g/mol. The Kier molecular flexibility index (Phi) is 5.11. The average Bonchev–Trinajstić information content (AvgIpc) is 2.75. The maximum absolute atomic E-state index is 11.9. The molecule has 2 aromatic rings. The summed E-state index contributed by atoms with van der Waals surface area (Å²) in [6.45, 7) is 0.792. The first-order valence-corrected chi connectivity index (χ1v) is 7.42. The zero-order valence-electron chi connectivity index (χ0n) is 11.4. The molecule has 0 radical (unpaired) electrons. The van der Waals surface area contributed by atoms with Gasteiger partial charge in [0.25, 0.3) is 0 Å². The molecule has 1 aromatic heterocycles. The van der Waals surface area contributed by atoms with E-state index >= 15 is 0 Å². The van der Waals surface area contributed by atoms with Crippen LogP contribution in [0.3, 0.4) is 0 Å². The minimum atomic E-state index is -0.0889.